The molecular weight excluding hydrogens is 509 g/mol. The molecule has 2 aromatic carbocycles. The maximum atomic E-state index is 13.0. The van der Waals surface area contributed by atoms with E-state index in [0.717, 1.165) is 5.56 Å². The van der Waals surface area contributed by atoms with Crippen LogP contribution in [0.2, 0.25) is 10.0 Å². The van der Waals surface area contributed by atoms with Crippen LogP contribution in [0.3, 0.4) is 0 Å². The summed E-state index contributed by atoms with van der Waals surface area (Å²) in [6, 6.07) is 10.7. The van der Waals surface area contributed by atoms with Gasteiger partial charge in [-0.05, 0) is 36.1 Å². The minimum Gasteiger partial charge on any atom is -0.342 e. The van der Waals surface area contributed by atoms with Crippen molar-refractivity contribution >= 4 is 46.6 Å². The summed E-state index contributed by atoms with van der Waals surface area (Å²) >= 11 is 13.7. The van der Waals surface area contributed by atoms with Crippen molar-refractivity contribution in [2.45, 2.75) is 43.8 Å². The molecule has 0 spiro atoms. The van der Waals surface area contributed by atoms with Gasteiger partial charge in [0.2, 0.25) is 0 Å². The third-order valence-corrected chi connectivity index (χ3v) is 6.66. The number of carbonyl (C=O) groups is 1. The summed E-state index contributed by atoms with van der Waals surface area (Å²) in [7, 11) is 0. The molecule has 1 atom stereocenters. The predicted molar refractivity (Wildman–Crippen MR) is 139 cm³/mol. The third kappa shape index (κ3) is 7.06. The fourth-order valence-electron chi connectivity index (χ4n) is 3.44. The predicted octanol–water partition coefficient (Wildman–Crippen LogP) is 6.49. The number of nitrogens with zero attached hydrogens (tertiary/aromatic N) is 4. The maximum absolute atomic E-state index is 13.0. The Balaban J connectivity index is 1.84. The summed E-state index contributed by atoms with van der Waals surface area (Å²) < 4.78 is 1.92. The molecule has 0 unspecified atom stereocenters. The van der Waals surface area contributed by atoms with E-state index in [1.165, 1.54) is 30.0 Å². The lowest BCUT2D eigenvalue weighted by atomic mass is 10.0. The number of amides is 1. The molecule has 0 saturated carbocycles. The van der Waals surface area contributed by atoms with Crippen LogP contribution in [0, 0.1) is 16.0 Å². The number of hydrogen-bond donors (Lipinski definition) is 1. The highest BCUT2D eigenvalue weighted by atomic mass is 35.5. The molecule has 1 aromatic heterocycles. The standard InChI is InChI=1S/C24H25Cl2N5O3S/c1-4-11-30-22(28-29-24(30)35-14-16-5-8-18(9-6-16)31(33)34)21(12-15(2)3)27-23(32)19-10-7-17(25)13-20(19)26/h4-10,13,15,21H,1,11-12,14H2,2-3H3,(H,27,32)/t21-/m0/s1. The quantitative estimate of drug-likeness (QED) is 0.131. The van der Waals surface area contributed by atoms with E-state index in [2.05, 4.69) is 35.9 Å². The Morgan fingerprint density at radius 1 is 1.23 bits per heavy atom. The van der Waals surface area contributed by atoms with Crippen LogP contribution in [0.15, 0.2) is 60.3 Å². The van der Waals surface area contributed by atoms with E-state index < -0.39 is 11.0 Å². The van der Waals surface area contributed by atoms with Crippen LogP contribution < -0.4 is 5.32 Å². The van der Waals surface area contributed by atoms with Crippen molar-refractivity contribution < 1.29 is 9.72 Å². The molecule has 8 nitrogen and oxygen atoms in total. The van der Waals surface area contributed by atoms with Crippen LogP contribution in [0.5, 0.6) is 0 Å². The zero-order chi connectivity index (χ0) is 25.5. The van der Waals surface area contributed by atoms with Gasteiger partial charge < -0.3 is 9.88 Å². The number of benzene rings is 2. The molecular formula is C24H25Cl2N5O3S. The fraction of sp³-hybridized carbons (Fsp3) is 0.292. The molecule has 0 radical (unpaired) electrons. The summed E-state index contributed by atoms with van der Waals surface area (Å²) in [5.74, 6) is 1.11. The van der Waals surface area contributed by atoms with Crippen molar-refractivity contribution in [3.05, 3.63) is 92.2 Å². The minimum absolute atomic E-state index is 0.0453. The largest absolute Gasteiger partial charge is 0.342 e. The van der Waals surface area contributed by atoms with Crippen molar-refractivity contribution in [2.75, 3.05) is 0 Å². The number of hydrogen-bond acceptors (Lipinski definition) is 6. The summed E-state index contributed by atoms with van der Waals surface area (Å²) in [4.78, 5) is 23.5. The van der Waals surface area contributed by atoms with Crippen LogP contribution >= 0.6 is 35.0 Å². The van der Waals surface area contributed by atoms with Gasteiger partial charge in [-0.1, -0.05) is 67.0 Å². The van der Waals surface area contributed by atoms with E-state index in [9.17, 15) is 14.9 Å². The molecule has 3 aromatic rings. The molecule has 0 aliphatic carbocycles. The van der Waals surface area contributed by atoms with Gasteiger partial charge in [0, 0.05) is 29.5 Å². The smallest absolute Gasteiger partial charge is 0.269 e. The first-order chi connectivity index (χ1) is 16.7. The van der Waals surface area contributed by atoms with Crippen LogP contribution in [-0.4, -0.2) is 25.6 Å². The van der Waals surface area contributed by atoms with E-state index in [4.69, 9.17) is 23.2 Å². The number of thioether (sulfide) groups is 1. The van der Waals surface area contributed by atoms with Crippen molar-refractivity contribution in [3.63, 3.8) is 0 Å². The van der Waals surface area contributed by atoms with Crippen LogP contribution in [0.4, 0.5) is 5.69 Å². The van der Waals surface area contributed by atoms with E-state index in [1.54, 1.807) is 30.3 Å². The molecule has 0 saturated heterocycles. The lowest BCUT2D eigenvalue weighted by molar-refractivity contribution is -0.384. The van der Waals surface area contributed by atoms with Gasteiger partial charge in [0.25, 0.3) is 11.6 Å². The number of non-ortho nitro benzene ring substituents is 1. The first-order valence-corrected chi connectivity index (χ1v) is 12.6. The Hall–Kier alpha value is -2.88. The number of nitrogens with one attached hydrogen (secondary N) is 1. The Morgan fingerprint density at radius 2 is 1.94 bits per heavy atom. The monoisotopic (exact) mass is 533 g/mol. The zero-order valence-corrected chi connectivity index (χ0v) is 21.6. The van der Waals surface area contributed by atoms with Crippen LogP contribution in [0.25, 0.3) is 0 Å². The summed E-state index contributed by atoms with van der Waals surface area (Å²) in [5, 5.41) is 24.1. The number of carbonyl (C=O) groups excluding carboxylic acids is 1. The number of halogens is 2. The zero-order valence-electron chi connectivity index (χ0n) is 19.3. The molecule has 0 bridgehead atoms. The molecule has 35 heavy (non-hydrogen) atoms. The van der Waals surface area contributed by atoms with Crippen molar-refractivity contribution in [2.24, 2.45) is 5.92 Å². The Morgan fingerprint density at radius 3 is 2.54 bits per heavy atom. The van der Waals surface area contributed by atoms with Gasteiger partial charge in [-0.2, -0.15) is 0 Å². The van der Waals surface area contributed by atoms with Gasteiger partial charge in [-0.3, -0.25) is 14.9 Å². The Labute approximate surface area is 217 Å². The second-order valence-electron chi connectivity index (χ2n) is 8.23. The second-order valence-corrected chi connectivity index (χ2v) is 10.0. The van der Waals surface area contributed by atoms with Crippen molar-refractivity contribution in [1.29, 1.82) is 0 Å². The highest BCUT2D eigenvalue weighted by molar-refractivity contribution is 7.98. The Bertz CT molecular complexity index is 1210. The van der Waals surface area contributed by atoms with Gasteiger partial charge in [-0.25, -0.2) is 0 Å². The van der Waals surface area contributed by atoms with Gasteiger partial charge in [-0.15, -0.1) is 16.8 Å². The van der Waals surface area contributed by atoms with Gasteiger partial charge in [0.1, 0.15) is 0 Å². The number of allylic oxidation sites excluding steroid dienone is 1. The molecule has 1 N–H and O–H groups in total. The van der Waals surface area contributed by atoms with Gasteiger partial charge >= 0.3 is 0 Å². The lowest BCUT2D eigenvalue weighted by Crippen LogP contribution is -2.32. The second kappa shape index (κ2) is 12.2. The van der Waals surface area contributed by atoms with Gasteiger partial charge in [0.15, 0.2) is 11.0 Å². The average Bonchev–Trinajstić information content (AvgIpc) is 3.19. The number of nitro benzene ring substituents is 1. The third-order valence-electron chi connectivity index (χ3n) is 5.07. The number of aromatic nitrogens is 3. The van der Waals surface area contributed by atoms with Gasteiger partial charge in [0.05, 0.1) is 21.6 Å². The first-order valence-electron chi connectivity index (χ1n) is 10.9. The fourth-order valence-corrected chi connectivity index (χ4v) is 4.84. The molecule has 0 aliphatic rings. The highest BCUT2D eigenvalue weighted by Crippen LogP contribution is 2.28. The summed E-state index contributed by atoms with van der Waals surface area (Å²) in [5.41, 5.74) is 1.29. The molecule has 3 rings (SSSR count). The normalized spacial score (nSPS) is 11.9. The van der Waals surface area contributed by atoms with E-state index in [-0.39, 0.29) is 22.5 Å². The molecule has 1 heterocycles. The van der Waals surface area contributed by atoms with E-state index in [0.29, 0.717) is 40.3 Å². The van der Waals surface area contributed by atoms with Crippen LogP contribution in [-0.2, 0) is 12.3 Å². The summed E-state index contributed by atoms with van der Waals surface area (Å²) in [6.45, 7) is 8.42. The highest BCUT2D eigenvalue weighted by Gasteiger charge is 2.25. The molecule has 11 heteroatoms. The molecule has 184 valence electrons. The van der Waals surface area contributed by atoms with Crippen LogP contribution in [0.1, 0.15) is 48.1 Å². The molecule has 0 fully saturated rings. The van der Waals surface area contributed by atoms with Crippen molar-refractivity contribution in [1.82, 2.24) is 20.1 Å². The Kier molecular flexibility index (Phi) is 9.31. The van der Waals surface area contributed by atoms with Crippen molar-refractivity contribution in [3.8, 4) is 0 Å². The molecule has 0 aliphatic heterocycles. The summed E-state index contributed by atoms with van der Waals surface area (Å²) in [6.07, 6.45) is 2.38. The lowest BCUT2D eigenvalue weighted by Gasteiger charge is -2.21. The maximum Gasteiger partial charge on any atom is 0.269 e. The average molecular weight is 534 g/mol. The van der Waals surface area contributed by atoms with E-state index in [1.807, 2.05) is 4.57 Å². The topological polar surface area (TPSA) is 103 Å². The number of rotatable bonds is 11. The number of nitro groups is 1. The molecule has 1 amide bonds. The minimum atomic E-state index is -0.426. The van der Waals surface area contributed by atoms with E-state index >= 15 is 0 Å². The first kappa shape index (κ1) is 26.7. The SMILES string of the molecule is C=CCn1c(SCc2ccc([N+](=O)[O-])cc2)nnc1[C@H](CC(C)C)NC(=O)c1ccc(Cl)cc1Cl.